The molecule has 3 aliphatic rings. The van der Waals surface area contributed by atoms with Gasteiger partial charge in [0, 0.05) is 70.2 Å². The number of benzene rings is 3. The third-order valence-corrected chi connectivity index (χ3v) is 9.99. The number of ether oxygens (including phenoxy) is 3. The van der Waals surface area contributed by atoms with E-state index in [1.807, 2.05) is 48.2 Å². The van der Waals surface area contributed by atoms with Crippen LogP contribution < -0.4 is 19.1 Å². The lowest BCUT2D eigenvalue weighted by Crippen LogP contribution is -2.40. The second kappa shape index (κ2) is 15.3. The molecule has 0 spiro atoms. The molecule has 0 saturated heterocycles. The number of amides is 3. The number of hydrogen-bond acceptors (Lipinski definition) is 8. The maximum atomic E-state index is 13.4. The van der Waals surface area contributed by atoms with E-state index in [1.165, 1.54) is 16.0 Å². The maximum absolute atomic E-state index is 13.4. The van der Waals surface area contributed by atoms with Gasteiger partial charge in [-0.1, -0.05) is 18.9 Å². The predicted molar refractivity (Wildman–Crippen MR) is 189 cm³/mol. The Morgan fingerprint density at radius 1 is 0.673 bits per heavy atom. The number of carbonyl (C=O) groups excluding carboxylic acids is 3. The molecule has 0 N–H and O–H groups in total. The van der Waals surface area contributed by atoms with Crippen LogP contribution in [-0.2, 0) is 19.4 Å². The summed E-state index contributed by atoms with van der Waals surface area (Å²) < 4.78 is 17.2. The Bertz CT molecular complexity index is 1700. The molecule has 0 unspecified atom stereocenters. The van der Waals surface area contributed by atoms with Crippen molar-refractivity contribution in [2.24, 2.45) is 0 Å². The topological polar surface area (TPSA) is 91.9 Å². The Morgan fingerprint density at radius 2 is 1.43 bits per heavy atom. The average Bonchev–Trinajstić information content (AvgIpc) is 3.35. The Kier molecular flexibility index (Phi) is 10.7. The molecule has 0 aliphatic carbocycles. The highest BCUT2D eigenvalue weighted by molar-refractivity contribution is 6.21. The monoisotopic (exact) mass is 668 g/mol. The van der Waals surface area contributed by atoms with Crippen molar-refractivity contribution in [1.82, 2.24) is 14.7 Å². The highest BCUT2D eigenvalue weighted by Crippen LogP contribution is 2.34. The summed E-state index contributed by atoms with van der Waals surface area (Å²) in [6, 6.07) is 15.4. The van der Waals surface area contributed by atoms with E-state index < -0.39 is 0 Å². The average molecular weight is 669 g/mol. The van der Waals surface area contributed by atoms with Crippen LogP contribution in [0.25, 0.3) is 0 Å². The van der Waals surface area contributed by atoms with Crippen LogP contribution in [0, 0.1) is 0 Å². The smallest absolute Gasteiger partial charge is 0.261 e. The van der Waals surface area contributed by atoms with Crippen LogP contribution in [-0.4, -0.2) is 100 Å². The Morgan fingerprint density at radius 3 is 2.20 bits per heavy atom. The minimum absolute atomic E-state index is 0.0821. The van der Waals surface area contributed by atoms with Gasteiger partial charge in [-0.05, 0) is 85.7 Å². The van der Waals surface area contributed by atoms with Gasteiger partial charge in [-0.2, -0.15) is 0 Å². The van der Waals surface area contributed by atoms with Gasteiger partial charge in [0.1, 0.15) is 5.75 Å². The summed E-state index contributed by atoms with van der Waals surface area (Å²) in [7, 11) is 7.17. The maximum Gasteiger partial charge on any atom is 0.261 e. The quantitative estimate of drug-likeness (QED) is 0.156. The molecule has 10 heteroatoms. The Balaban J connectivity index is 0.912. The fourth-order valence-corrected chi connectivity index (χ4v) is 7.18. The zero-order valence-electron chi connectivity index (χ0n) is 29.3. The van der Waals surface area contributed by atoms with Crippen LogP contribution in [0.5, 0.6) is 17.2 Å². The molecule has 3 aromatic rings. The summed E-state index contributed by atoms with van der Waals surface area (Å²) in [5.41, 5.74) is 6.23. The molecule has 0 aromatic heterocycles. The lowest BCUT2D eigenvalue weighted by Gasteiger charge is -2.32. The van der Waals surface area contributed by atoms with E-state index in [0.29, 0.717) is 30.8 Å². The Labute approximate surface area is 289 Å². The summed E-state index contributed by atoms with van der Waals surface area (Å²) >= 11 is 0. The summed E-state index contributed by atoms with van der Waals surface area (Å²) in [4.78, 5) is 46.9. The third kappa shape index (κ3) is 7.39. The highest BCUT2D eigenvalue weighted by Gasteiger charge is 2.35. The molecule has 0 fully saturated rings. The molecule has 3 amide bonds. The van der Waals surface area contributed by atoms with Gasteiger partial charge in [0.15, 0.2) is 11.5 Å². The fraction of sp³-hybridized carbons (Fsp3) is 0.462. The predicted octanol–water partition coefficient (Wildman–Crippen LogP) is 5.45. The minimum atomic E-state index is -0.204. The van der Waals surface area contributed by atoms with Crippen LogP contribution in [0.4, 0.5) is 5.69 Å². The van der Waals surface area contributed by atoms with E-state index in [9.17, 15) is 14.4 Å². The van der Waals surface area contributed by atoms with E-state index in [-0.39, 0.29) is 17.7 Å². The van der Waals surface area contributed by atoms with E-state index in [4.69, 9.17) is 14.2 Å². The van der Waals surface area contributed by atoms with Gasteiger partial charge in [0.25, 0.3) is 17.7 Å². The first-order chi connectivity index (χ1) is 23.8. The second-order valence-corrected chi connectivity index (χ2v) is 13.3. The van der Waals surface area contributed by atoms with Crippen molar-refractivity contribution < 1.29 is 28.6 Å². The minimum Gasteiger partial charge on any atom is -0.493 e. The molecule has 3 aliphatic heterocycles. The van der Waals surface area contributed by atoms with Crippen LogP contribution in [0.15, 0.2) is 48.5 Å². The van der Waals surface area contributed by atoms with Gasteiger partial charge in [0.2, 0.25) is 0 Å². The summed E-state index contributed by atoms with van der Waals surface area (Å²) in [6.45, 7) is 5.21. The summed E-state index contributed by atoms with van der Waals surface area (Å²) in [5.74, 6) is 2.02. The van der Waals surface area contributed by atoms with Crippen molar-refractivity contribution in [3.05, 3.63) is 81.9 Å². The Hall–Kier alpha value is -4.57. The number of rotatable bonds is 15. The number of unbranched alkanes of at least 4 members (excludes halogenated alkanes) is 3. The third-order valence-electron chi connectivity index (χ3n) is 9.99. The normalized spacial score (nSPS) is 15.6. The van der Waals surface area contributed by atoms with Gasteiger partial charge < -0.3 is 24.0 Å². The molecule has 0 atom stereocenters. The highest BCUT2D eigenvalue weighted by atomic mass is 16.5. The van der Waals surface area contributed by atoms with Crippen molar-refractivity contribution in [1.29, 1.82) is 0 Å². The van der Waals surface area contributed by atoms with E-state index >= 15 is 0 Å². The largest absolute Gasteiger partial charge is 0.493 e. The first-order valence-corrected chi connectivity index (χ1v) is 17.5. The first-order valence-electron chi connectivity index (χ1n) is 17.5. The number of nitrogens with zero attached hydrogens (tertiary/aromatic N) is 4. The van der Waals surface area contributed by atoms with E-state index in [2.05, 4.69) is 17.0 Å². The molecule has 260 valence electrons. The lowest BCUT2D eigenvalue weighted by atomic mass is 9.97. The molecule has 0 radical (unpaired) electrons. The van der Waals surface area contributed by atoms with Crippen LogP contribution in [0.1, 0.15) is 79.9 Å². The van der Waals surface area contributed by atoms with Gasteiger partial charge in [-0.15, -0.1) is 0 Å². The number of carbonyl (C=O) groups is 3. The molecular formula is C39H48N4O6. The zero-order chi connectivity index (χ0) is 34.5. The molecule has 10 nitrogen and oxygen atoms in total. The number of anilines is 1. The van der Waals surface area contributed by atoms with Crippen molar-refractivity contribution in [3.63, 3.8) is 0 Å². The molecule has 3 heterocycles. The number of methoxy groups -OCH3 is 2. The van der Waals surface area contributed by atoms with E-state index in [0.717, 1.165) is 105 Å². The zero-order valence-corrected chi connectivity index (χ0v) is 29.3. The molecule has 0 saturated carbocycles. The lowest BCUT2D eigenvalue weighted by molar-refractivity contribution is 0.0650. The van der Waals surface area contributed by atoms with Gasteiger partial charge in [-0.25, -0.2) is 0 Å². The molecule has 0 bridgehead atoms. The van der Waals surface area contributed by atoms with Crippen LogP contribution >= 0.6 is 0 Å². The SMILES string of the molecule is COc1cc2c(cc1OC)CN(CCCN1CCc3c(OCCCCCCN4C(=O)c5ccc(N(C)C)cc5C4=O)cccc3C1=O)CC2. The molecule has 49 heavy (non-hydrogen) atoms. The van der Waals surface area contributed by atoms with Gasteiger partial charge >= 0.3 is 0 Å². The summed E-state index contributed by atoms with van der Waals surface area (Å²) in [6.07, 6.45) is 6.12. The number of imide groups is 1. The fourth-order valence-electron chi connectivity index (χ4n) is 7.18. The molecule has 3 aromatic carbocycles. The van der Waals surface area contributed by atoms with Crippen LogP contribution in [0.3, 0.4) is 0 Å². The van der Waals surface area contributed by atoms with Crippen molar-refractivity contribution >= 4 is 23.4 Å². The number of hydrogen-bond donors (Lipinski definition) is 0. The van der Waals surface area contributed by atoms with Crippen LogP contribution in [0.2, 0.25) is 0 Å². The standard InChI is InChI=1S/C39H48N4O6/c1-40(2)29-13-14-32-33(25-29)39(46)43(38(32)45)19-7-5-6-8-22-49-34-12-9-11-31-30(34)16-21-42(37(31)44)18-10-17-41-20-15-27-23-35(47-3)36(48-4)24-28(27)26-41/h9,11-14,23-25H,5-8,10,15-22,26H2,1-4H3. The second-order valence-electron chi connectivity index (χ2n) is 13.3. The molecular weight excluding hydrogens is 620 g/mol. The van der Waals surface area contributed by atoms with E-state index in [1.54, 1.807) is 26.4 Å². The van der Waals surface area contributed by atoms with Crippen molar-refractivity contribution in [2.45, 2.75) is 51.5 Å². The molecule has 6 rings (SSSR count). The number of fused-ring (bicyclic) bond motifs is 3. The van der Waals surface area contributed by atoms with Crippen molar-refractivity contribution in [2.75, 3.05) is 72.5 Å². The van der Waals surface area contributed by atoms with Crippen molar-refractivity contribution in [3.8, 4) is 17.2 Å². The first kappa shape index (κ1) is 34.3. The van der Waals surface area contributed by atoms with Gasteiger partial charge in [-0.3, -0.25) is 24.2 Å². The van der Waals surface area contributed by atoms with Gasteiger partial charge in [0.05, 0.1) is 32.0 Å². The summed E-state index contributed by atoms with van der Waals surface area (Å²) in [5, 5.41) is 0.